The van der Waals surface area contributed by atoms with Crippen LogP contribution in [-0.4, -0.2) is 4.98 Å². The smallest absolute Gasteiger partial charge is 0.121 e. The van der Waals surface area contributed by atoms with Crippen LogP contribution in [0, 0.1) is 11.8 Å². The minimum Gasteiger partial charge on any atom is -0.399 e. The fourth-order valence-corrected chi connectivity index (χ4v) is 1.92. The average molecular weight is 244 g/mol. The summed E-state index contributed by atoms with van der Waals surface area (Å²) in [6, 6.07) is 17.6. The molecule has 0 aliphatic heterocycles. The number of benzene rings is 2. The highest BCUT2D eigenvalue weighted by Gasteiger charge is 1.97. The summed E-state index contributed by atoms with van der Waals surface area (Å²) in [6.07, 6.45) is 1.79. The van der Waals surface area contributed by atoms with Gasteiger partial charge in [0.15, 0.2) is 0 Å². The van der Waals surface area contributed by atoms with E-state index in [1.165, 1.54) is 0 Å². The first kappa shape index (κ1) is 11.3. The number of aromatic nitrogens is 1. The zero-order valence-electron chi connectivity index (χ0n) is 10.3. The second-order valence-corrected chi connectivity index (χ2v) is 4.25. The van der Waals surface area contributed by atoms with E-state index in [0.717, 1.165) is 27.7 Å². The van der Waals surface area contributed by atoms with Crippen molar-refractivity contribution >= 4 is 16.5 Å². The molecule has 0 unspecified atom stereocenters. The molecule has 0 atom stereocenters. The van der Waals surface area contributed by atoms with Gasteiger partial charge >= 0.3 is 0 Å². The summed E-state index contributed by atoms with van der Waals surface area (Å²) in [5.74, 6) is 6.23. The van der Waals surface area contributed by atoms with Crippen LogP contribution >= 0.6 is 0 Å². The van der Waals surface area contributed by atoms with Gasteiger partial charge in [-0.15, -0.1) is 0 Å². The predicted molar refractivity (Wildman–Crippen MR) is 78.6 cm³/mol. The van der Waals surface area contributed by atoms with Crippen molar-refractivity contribution in [2.75, 3.05) is 5.73 Å². The highest BCUT2D eigenvalue weighted by molar-refractivity contribution is 5.86. The largest absolute Gasteiger partial charge is 0.399 e. The van der Waals surface area contributed by atoms with E-state index in [1.807, 2.05) is 48.5 Å². The lowest BCUT2D eigenvalue weighted by Crippen LogP contribution is -1.85. The molecule has 2 nitrogen and oxygen atoms in total. The van der Waals surface area contributed by atoms with Crippen LogP contribution in [0.5, 0.6) is 0 Å². The Balaban J connectivity index is 2.05. The number of hydrogen-bond donors (Lipinski definition) is 1. The molecule has 0 aliphatic rings. The van der Waals surface area contributed by atoms with Crippen LogP contribution < -0.4 is 5.73 Å². The maximum Gasteiger partial charge on any atom is 0.121 e. The van der Waals surface area contributed by atoms with Crippen molar-refractivity contribution in [3.63, 3.8) is 0 Å². The summed E-state index contributed by atoms with van der Waals surface area (Å²) in [5, 5.41) is 2.23. The van der Waals surface area contributed by atoms with Gasteiger partial charge in [0.25, 0.3) is 0 Å². The highest BCUT2D eigenvalue weighted by Crippen LogP contribution is 2.15. The van der Waals surface area contributed by atoms with Crippen molar-refractivity contribution in [2.45, 2.75) is 0 Å². The number of fused-ring (bicyclic) bond motifs is 1. The van der Waals surface area contributed by atoms with E-state index in [9.17, 15) is 0 Å². The fourth-order valence-electron chi connectivity index (χ4n) is 1.92. The van der Waals surface area contributed by atoms with E-state index in [-0.39, 0.29) is 0 Å². The minimum absolute atomic E-state index is 0.744. The molecule has 3 rings (SSSR count). The SMILES string of the molecule is Nc1ccc(C#Cc2nccc3ccccc23)cc1. The molecule has 1 heterocycles. The number of hydrogen-bond acceptors (Lipinski definition) is 2. The zero-order chi connectivity index (χ0) is 13.1. The van der Waals surface area contributed by atoms with Gasteiger partial charge in [0.2, 0.25) is 0 Å². The minimum atomic E-state index is 0.744. The predicted octanol–water partition coefficient (Wildman–Crippen LogP) is 3.22. The summed E-state index contributed by atoms with van der Waals surface area (Å²) in [5.41, 5.74) is 8.13. The monoisotopic (exact) mass is 244 g/mol. The second-order valence-electron chi connectivity index (χ2n) is 4.25. The summed E-state index contributed by atoms with van der Waals surface area (Å²) in [6.45, 7) is 0. The number of rotatable bonds is 0. The Labute approximate surface area is 111 Å². The summed E-state index contributed by atoms with van der Waals surface area (Å²) in [7, 11) is 0. The molecular weight excluding hydrogens is 232 g/mol. The third-order valence-corrected chi connectivity index (χ3v) is 2.91. The quantitative estimate of drug-likeness (QED) is 0.487. The van der Waals surface area contributed by atoms with Gasteiger partial charge < -0.3 is 5.73 Å². The molecule has 3 aromatic rings. The normalized spacial score (nSPS) is 9.89. The van der Waals surface area contributed by atoms with Crippen LogP contribution in [0.2, 0.25) is 0 Å². The van der Waals surface area contributed by atoms with Crippen LogP contribution in [0.25, 0.3) is 10.8 Å². The van der Waals surface area contributed by atoms with Crippen LogP contribution in [0.3, 0.4) is 0 Å². The molecule has 2 aromatic carbocycles. The average Bonchev–Trinajstić information content (AvgIpc) is 2.47. The molecule has 0 radical (unpaired) electrons. The van der Waals surface area contributed by atoms with Gasteiger partial charge in [-0.3, -0.25) is 0 Å². The fraction of sp³-hybridized carbons (Fsp3) is 0. The Morgan fingerprint density at radius 1 is 0.842 bits per heavy atom. The Morgan fingerprint density at radius 3 is 2.47 bits per heavy atom. The van der Waals surface area contributed by atoms with Crippen molar-refractivity contribution in [1.29, 1.82) is 0 Å². The number of anilines is 1. The van der Waals surface area contributed by atoms with Gasteiger partial charge in [-0.2, -0.15) is 0 Å². The maximum absolute atomic E-state index is 5.65. The Hall–Kier alpha value is -2.79. The summed E-state index contributed by atoms with van der Waals surface area (Å²) in [4.78, 5) is 4.34. The van der Waals surface area contributed by atoms with E-state index in [2.05, 4.69) is 22.9 Å². The number of nitrogens with zero attached hydrogens (tertiary/aromatic N) is 1. The molecule has 0 aliphatic carbocycles. The molecule has 0 spiro atoms. The maximum atomic E-state index is 5.65. The number of nitrogen functional groups attached to an aromatic ring is 1. The Morgan fingerprint density at radius 2 is 1.63 bits per heavy atom. The molecule has 19 heavy (non-hydrogen) atoms. The molecule has 2 N–H and O–H groups in total. The molecule has 0 bridgehead atoms. The number of pyridine rings is 1. The summed E-state index contributed by atoms with van der Waals surface area (Å²) >= 11 is 0. The topological polar surface area (TPSA) is 38.9 Å². The van der Waals surface area contributed by atoms with E-state index in [1.54, 1.807) is 6.20 Å². The lowest BCUT2D eigenvalue weighted by molar-refractivity contribution is 1.32. The summed E-state index contributed by atoms with van der Waals surface area (Å²) < 4.78 is 0. The van der Waals surface area contributed by atoms with Crippen LogP contribution in [0.15, 0.2) is 60.8 Å². The third-order valence-electron chi connectivity index (χ3n) is 2.91. The van der Waals surface area contributed by atoms with Gasteiger partial charge in [0.1, 0.15) is 5.69 Å². The Kier molecular flexibility index (Phi) is 2.88. The molecule has 0 saturated carbocycles. The van der Waals surface area contributed by atoms with Gasteiger partial charge in [-0.05, 0) is 41.6 Å². The standard InChI is InChI=1S/C17H12N2/c18-15-8-5-13(6-9-15)7-10-17-16-4-2-1-3-14(16)11-12-19-17/h1-6,8-9,11-12H,18H2. The van der Waals surface area contributed by atoms with Crippen molar-refractivity contribution in [3.8, 4) is 11.8 Å². The van der Waals surface area contributed by atoms with Crippen LogP contribution in [0.4, 0.5) is 5.69 Å². The van der Waals surface area contributed by atoms with E-state index in [0.29, 0.717) is 0 Å². The first-order chi connectivity index (χ1) is 9.33. The molecular formula is C17H12N2. The van der Waals surface area contributed by atoms with Crippen molar-refractivity contribution < 1.29 is 0 Å². The molecule has 0 fully saturated rings. The third kappa shape index (κ3) is 2.41. The van der Waals surface area contributed by atoms with Crippen molar-refractivity contribution in [2.24, 2.45) is 0 Å². The molecule has 0 saturated heterocycles. The van der Waals surface area contributed by atoms with E-state index < -0.39 is 0 Å². The van der Waals surface area contributed by atoms with Crippen molar-refractivity contribution in [1.82, 2.24) is 4.98 Å². The number of nitrogens with two attached hydrogens (primary N) is 1. The lowest BCUT2D eigenvalue weighted by atomic mass is 10.1. The molecule has 1 aromatic heterocycles. The van der Waals surface area contributed by atoms with Crippen LogP contribution in [-0.2, 0) is 0 Å². The second kappa shape index (κ2) is 4.83. The molecule has 90 valence electrons. The zero-order valence-corrected chi connectivity index (χ0v) is 10.3. The van der Waals surface area contributed by atoms with Crippen molar-refractivity contribution in [3.05, 3.63) is 72.1 Å². The van der Waals surface area contributed by atoms with Gasteiger partial charge in [-0.25, -0.2) is 4.98 Å². The molecule has 0 amide bonds. The molecule has 2 heteroatoms. The van der Waals surface area contributed by atoms with E-state index >= 15 is 0 Å². The lowest BCUT2D eigenvalue weighted by Gasteiger charge is -1.98. The van der Waals surface area contributed by atoms with Gasteiger partial charge in [0, 0.05) is 22.8 Å². The highest BCUT2D eigenvalue weighted by atomic mass is 14.7. The van der Waals surface area contributed by atoms with Crippen LogP contribution in [0.1, 0.15) is 11.3 Å². The van der Waals surface area contributed by atoms with Gasteiger partial charge in [0.05, 0.1) is 0 Å². The van der Waals surface area contributed by atoms with E-state index in [4.69, 9.17) is 5.73 Å². The Bertz CT molecular complexity index is 772. The first-order valence-corrected chi connectivity index (χ1v) is 6.04. The first-order valence-electron chi connectivity index (χ1n) is 6.04. The van der Waals surface area contributed by atoms with Gasteiger partial charge in [-0.1, -0.05) is 30.2 Å².